The first-order valence-corrected chi connectivity index (χ1v) is 10.9. The molecule has 2 saturated heterocycles. The number of rotatable bonds is 8. The van der Waals surface area contributed by atoms with E-state index in [1.165, 1.54) is 17.7 Å². The minimum absolute atomic E-state index is 0. The SMILES string of the molecule is CCNC(=NCCCCN1CCOCC1)NC1CCN(c2ccc(C)cc2)C1.I. The smallest absolute Gasteiger partial charge is 0.191 e. The van der Waals surface area contributed by atoms with E-state index in [-0.39, 0.29) is 24.0 Å². The zero-order valence-corrected chi connectivity index (χ0v) is 20.4. The summed E-state index contributed by atoms with van der Waals surface area (Å²) < 4.78 is 5.41. The molecule has 7 heteroatoms. The van der Waals surface area contributed by atoms with E-state index in [0.717, 1.165) is 77.8 Å². The van der Waals surface area contributed by atoms with Crippen LogP contribution >= 0.6 is 24.0 Å². The second kappa shape index (κ2) is 13.3. The van der Waals surface area contributed by atoms with Gasteiger partial charge in [0.2, 0.25) is 0 Å². The number of nitrogens with zero attached hydrogens (tertiary/aromatic N) is 3. The van der Waals surface area contributed by atoms with Gasteiger partial charge in [-0.1, -0.05) is 17.7 Å². The molecule has 1 unspecified atom stereocenters. The van der Waals surface area contributed by atoms with Gasteiger partial charge in [-0.3, -0.25) is 9.89 Å². The molecule has 29 heavy (non-hydrogen) atoms. The molecule has 2 N–H and O–H groups in total. The van der Waals surface area contributed by atoms with Gasteiger partial charge >= 0.3 is 0 Å². The van der Waals surface area contributed by atoms with E-state index in [2.05, 4.69) is 58.5 Å². The van der Waals surface area contributed by atoms with Gasteiger partial charge in [0.1, 0.15) is 0 Å². The Hall–Kier alpha value is -1.06. The zero-order chi connectivity index (χ0) is 19.6. The van der Waals surface area contributed by atoms with Crippen molar-refractivity contribution < 1.29 is 4.74 Å². The van der Waals surface area contributed by atoms with Crippen LogP contribution < -0.4 is 15.5 Å². The van der Waals surface area contributed by atoms with Crippen molar-refractivity contribution in [2.24, 2.45) is 4.99 Å². The molecule has 3 rings (SSSR count). The topological polar surface area (TPSA) is 52.1 Å². The van der Waals surface area contributed by atoms with Crippen LogP contribution in [0.25, 0.3) is 0 Å². The molecule has 2 aliphatic rings. The molecule has 0 aromatic heterocycles. The van der Waals surface area contributed by atoms with Crippen molar-refractivity contribution in [3.8, 4) is 0 Å². The molecule has 2 aliphatic heterocycles. The fourth-order valence-corrected chi connectivity index (χ4v) is 3.84. The van der Waals surface area contributed by atoms with Crippen molar-refractivity contribution in [3.05, 3.63) is 29.8 Å². The third kappa shape index (κ3) is 8.30. The van der Waals surface area contributed by atoms with Crippen molar-refractivity contribution >= 4 is 35.6 Å². The highest BCUT2D eigenvalue weighted by atomic mass is 127. The maximum atomic E-state index is 5.41. The number of hydrogen-bond acceptors (Lipinski definition) is 4. The van der Waals surface area contributed by atoms with Gasteiger partial charge in [0.05, 0.1) is 13.2 Å². The average Bonchev–Trinajstić information content (AvgIpc) is 3.17. The van der Waals surface area contributed by atoms with Crippen LogP contribution in [0, 0.1) is 6.92 Å². The molecule has 164 valence electrons. The molecular weight excluding hydrogens is 477 g/mol. The molecule has 1 atom stereocenters. The molecule has 2 fully saturated rings. The van der Waals surface area contributed by atoms with Crippen molar-refractivity contribution in [1.29, 1.82) is 0 Å². The third-order valence-corrected chi connectivity index (χ3v) is 5.53. The number of aryl methyl sites for hydroxylation is 1. The van der Waals surface area contributed by atoms with Crippen molar-refractivity contribution in [2.75, 3.05) is 63.9 Å². The van der Waals surface area contributed by atoms with E-state index in [4.69, 9.17) is 9.73 Å². The van der Waals surface area contributed by atoms with Crippen LogP contribution in [0.3, 0.4) is 0 Å². The van der Waals surface area contributed by atoms with Gasteiger partial charge in [-0.05, 0) is 51.8 Å². The molecule has 0 amide bonds. The number of benzene rings is 1. The maximum absolute atomic E-state index is 5.41. The van der Waals surface area contributed by atoms with E-state index in [1.807, 2.05) is 0 Å². The summed E-state index contributed by atoms with van der Waals surface area (Å²) in [5.41, 5.74) is 2.63. The summed E-state index contributed by atoms with van der Waals surface area (Å²) in [6.07, 6.45) is 3.48. The van der Waals surface area contributed by atoms with Crippen molar-refractivity contribution in [1.82, 2.24) is 15.5 Å². The quantitative estimate of drug-likeness (QED) is 0.242. The van der Waals surface area contributed by atoms with Crippen LogP contribution in [0.1, 0.15) is 31.7 Å². The lowest BCUT2D eigenvalue weighted by Crippen LogP contribution is -2.44. The highest BCUT2D eigenvalue weighted by Crippen LogP contribution is 2.20. The predicted molar refractivity (Wildman–Crippen MR) is 133 cm³/mol. The van der Waals surface area contributed by atoms with Gasteiger partial charge in [0.25, 0.3) is 0 Å². The number of guanidine groups is 1. The molecule has 0 radical (unpaired) electrons. The Morgan fingerprint density at radius 2 is 1.90 bits per heavy atom. The largest absolute Gasteiger partial charge is 0.379 e. The normalized spacial score (nSPS) is 20.4. The van der Waals surface area contributed by atoms with Crippen LogP contribution in [0.15, 0.2) is 29.3 Å². The summed E-state index contributed by atoms with van der Waals surface area (Å²) in [7, 11) is 0. The van der Waals surface area contributed by atoms with Crippen LogP contribution in [0.4, 0.5) is 5.69 Å². The molecule has 0 aliphatic carbocycles. The Bertz CT molecular complexity index is 604. The lowest BCUT2D eigenvalue weighted by atomic mass is 10.2. The van der Waals surface area contributed by atoms with Crippen molar-refractivity contribution in [2.45, 2.75) is 39.2 Å². The number of anilines is 1. The second-order valence-corrected chi connectivity index (χ2v) is 7.83. The summed E-state index contributed by atoms with van der Waals surface area (Å²) in [6, 6.07) is 9.29. The van der Waals surface area contributed by atoms with E-state index in [9.17, 15) is 0 Å². The van der Waals surface area contributed by atoms with Gasteiger partial charge in [0.15, 0.2) is 5.96 Å². The number of nitrogens with one attached hydrogen (secondary N) is 2. The molecule has 0 bridgehead atoms. The van der Waals surface area contributed by atoms with Gasteiger partial charge < -0.3 is 20.3 Å². The minimum Gasteiger partial charge on any atom is -0.379 e. The summed E-state index contributed by atoms with van der Waals surface area (Å²) in [5, 5.41) is 7.04. The fraction of sp³-hybridized carbons (Fsp3) is 0.682. The van der Waals surface area contributed by atoms with Gasteiger partial charge in [-0.25, -0.2) is 0 Å². The van der Waals surface area contributed by atoms with Gasteiger partial charge in [0, 0.05) is 51.0 Å². The summed E-state index contributed by atoms with van der Waals surface area (Å²) in [4.78, 5) is 9.76. The lowest BCUT2D eigenvalue weighted by Gasteiger charge is -2.26. The van der Waals surface area contributed by atoms with E-state index in [0.29, 0.717) is 6.04 Å². The summed E-state index contributed by atoms with van der Waals surface area (Å²) in [5.74, 6) is 0.963. The third-order valence-electron chi connectivity index (χ3n) is 5.53. The van der Waals surface area contributed by atoms with Crippen molar-refractivity contribution in [3.63, 3.8) is 0 Å². The Morgan fingerprint density at radius 3 is 2.62 bits per heavy atom. The Labute approximate surface area is 193 Å². The monoisotopic (exact) mass is 515 g/mol. The van der Waals surface area contributed by atoms with Crippen LogP contribution in [-0.4, -0.2) is 75.9 Å². The van der Waals surface area contributed by atoms with Crippen LogP contribution in [0.2, 0.25) is 0 Å². The number of aliphatic imine (C=N–C) groups is 1. The second-order valence-electron chi connectivity index (χ2n) is 7.83. The molecule has 0 spiro atoms. The molecule has 2 heterocycles. The first kappa shape index (κ1) is 24.2. The highest BCUT2D eigenvalue weighted by Gasteiger charge is 2.23. The molecule has 0 saturated carbocycles. The first-order valence-electron chi connectivity index (χ1n) is 10.9. The standard InChI is InChI=1S/C22H37N5O.HI/c1-3-23-22(24-11-4-5-12-26-14-16-28-17-15-26)25-20-10-13-27(18-20)21-8-6-19(2)7-9-21;/h6-9,20H,3-5,10-18H2,1-2H3,(H2,23,24,25);1H. The van der Waals surface area contributed by atoms with E-state index in [1.54, 1.807) is 0 Å². The predicted octanol–water partition coefficient (Wildman–Crippen LogP) is 2.86. The van der Waals surface area contributed by atoms with E-state index < -0.39 is 0 Å². The maximum Gasteiger partial charge on any atom is 0.191 e. The Balaban J connectivity index is 0.00000300. The highest BCUT2D eigenvalue weighted by molar-refractivity contribution is 14.0. The number of hydrogen-bond donors (Lipinski definition) is 2. The van der Waals surface area contributed by atoms with Crippen LogP contribution in [-0.2, 0) is 4.74 Å². The fourth-order valence-electron chi connectivity index (χ4n) is 3.84. The number of morpholine rings is 1. The molecule has 1 aromatic carbocycles. The van der Waals surface area contributed by atoms with Gasteiger partial charge in [-0.2, -0.15) is 0 Å². The lowest BCUT2D eigenvalue weighted by molar-refractivity contribution is 0.0373. The summed E-state index contributed by atoms with van der Waals surface area (Å²) in [6.45, 7) is 13.3. The van der Waals surface area contributed by atoms with Gasteiger partial charge in [-0.15, -0.1) is 24.0 Å². The first-order chi connectivity index (χ1) is 13.7. The summed E-state index contributed by atoms with van der Waals surface area (Å²) >= 11 is 0. The average molecular weight is 515 g/mol. The Morgan fingerprint density at radius 1 is 1.14 bits per heavy atom. The number of ether oxygens (including phenoxy) is 1. The minimum atomic E-state index is 0. The molecular formula is C22H38IN5O. The molecule has 1 aromatic rings. The van der Waals surface area contributed by atoms with Crippen LogP contribution in [0.5, 0.6) is 0 Å². The van der Waals surface area contributed by atoms with E-state index >= 15 is 0 Å². The molecule has 6 nitrogen and oxygen atoms in total. The number of unbranched alkanes of at least 4 members (excludes halogenated alkanes) is 1. The Kier molecular flexibility index (Phi) is 11.1. The number of halogens is 1. The zero-order valence-electron chi connectivity index (χ0n) is 18.0.